The van der Waals surface area contributed by atoms with Crippen LogP contribution in [0.3, 0.4) is 0 Å². The maximum atomic E-state index is 11.6. The summed E-state index contributed by atoms with van der Waals surface area (Å²) in [6.07, 6.45) is 1.64. The van der Waals surface area contributed by atoms with Crippen LogP contribution in [0.1, 0.15) is 5.82 Å². The number of nitrogens with zero attached hydrogens (tertiary/aromatic N) is 3. The van der Waals surface area contributed by atoms with E-state index in [4.69, 9.17) is 9.47 Å². The van der Waals surface area contributed by atoms with Gasteiger partial charge >= 0.3 is 6.03 Å². The topological polar surface area (TPSA) is 107 Å². The molecule has 1 aromatic heterocycles. The third-order valence-electron chi connectivity index (χ3n) is 3.46. The van der Waals surface area contributed by atoms with E-state index >= 15 is 0 Å². The largest absolute Gasteiger partial charge is 0.454 e. The van der Waals surface area contributed by atoms with Gasteiger partial charge < -0.3 is 14.8 Å². The second-order valence-electron chi connectivity index (χ2n) is 4.85. The lowest BCUT2D eigenvalue weighted by Crippen LogP contribution is -2.32. The fraction of sp³-hybridized carbons (Fsp3) is 0.231. The first kappa shape index (κ1) is 12.6. The highest BCUT2D eigenvalue weighted by Gasteiger charge is 2.31. The number of amides is 3. The van der Waals surface area contributed by atoms with Gasteiger partial charge in [-0.1, -0.05) is 0 Å². The second-order valence-corrected chi connectivity index (χ2v) is 4.85. The average Bonchev–Trinajstić information content (AvgIpc) is 3.19. The molecule has 0 saturated carbocycles. The smallest absolute Gasteiger partial charge is 0.322 e. The molecule has 0 bridgehead atoms. The highest BCUT2D eigenvalue weighted by atomic mass is 16.7. The summed E-state index contributed by atoms with van der Waals surface area (Å²) in [6.45, 7) is 0.192. The Morgan fingerprint density at radius 3 is 2.95 bits per heavy atom. The molecule has 9 heteroatoms. The Bertz CT molecular complexity index is 772. The molecule has 2 aliphatic rings. The van der Waals surface area contributed by atoms with E-state index in [1.807, 2.05) is 6.07 Å². The van der Waals surface area contributed by atoms with Crippen molar-refractivity contribution in [1.29, 1.82) is 0 Å². The fourth-order valence-corrected chi connectivity index (χ4v) is 2.42. The maximum absolute atomic E-state index is 11.6. The van der Waals surface area contributed by atoms with Crippen molar-refractivity contribution in [3.05, 3.63) is 30.4 Å². The van der Waals surface area contributed by atoms with Crippen LogP contribution < -0.4 is 20.1 Å². The molecule has 3 amide bonds. The lowest BCUT2D eigenvalue weighted by Gasteiger charge is -2.09. The van der Waals surface area contributed by atoms with Crippen LogP contribution in [0.4, 0.5) is 4.79 Å². The zero-order valence-electron chi connectivity index (χ0n) is 11.3. The fourth-order valence-electron chi connectivity index (χ4n) is 2.42. The first-order chi connectivity index (χ1) is 10.7. The summed E-state index contributed by atoms with van der Waals surface area (Å²) < 4.78 is 12.2. The SMILES string of the molecule is O=C1NC(=O)C(Cc2ncnn2-c2ccc3c(c2)OCO3)N1. The van der Waals surface area contributed by atoms with E-state index in [9.17, 15) is 9.59 Å². The molecule has 1 atom stereocenters. The minimum atomic E-state index is -0.649. The molecule has 0 radical (unpaired) electrons. The molecule has 1 aromatic carbocycles. The lowest BCUT2D eigenvalue weighted by atomic mass is 10.2. The van der Waals surface area contributed by atoms with Gasteiger partial charge in [0.2, 0.25) is 6.79 Å². The Morgan fingerprint density at radius 2 is 2.14 bits per heavy atom. The summed E-state index contributed by atoms with van der Waals surface area (Å²) >= 11 is 0. The van der Waals surface area contributed by atoms with E-state index in [0.717, 1.165) is 5.69 Å². The van der Waals surface area contributed by atoms with Crippen LogP contribution in [0.2, 0.25) is 0 Å². The van der Waals surface area contributed by atoms with Gasteiger partial charge in [-0.25, -0.2) is 14.5 Å². The molecular weight excluding hydrogens is 290 g/mol. The summed E-state index contributed by atoms with van der Waals surface area (Å²) in [5, 5.41) is 8.89. The number of urea groups is 1. The van der Waals surface area contributed by atoms with Gasteiger partial charge in [0.25, 0.3) is 5.91 Å². The summed E-state index contributed by atoms with van der Waals surface area (Å²) in [5.74, 6) is 1.49. The van der Waals surface area contributed by atoms with Crippen molar-refractivity contribution in [2.75, 3.05) is 6.79 Å². The molecule has 2 N–H and O–H groups in total. The Balaban J connectivity index is 1.63. The molecule has 2 aromatic rings. The standard InChI is InChI=1S/C13H11N5O4/c19-12-8(16-13(20)17-12)4-11-14-5-15-18(11)7-1-2-9-10(3-7)22-6-21-9/h1-3,5,8H,4,6H2,(H2,16,17,19,20). The van der Waals surface area contributed by atoms with E-state index in [1.165, 1.54) is 6.33 Å². The van der Waals surface area contributed by atoms with Crippen LogP contribution in [0.5, 0.6) is 11.5 Å². The molecule has 2 aliphatic heterocycles. The van der Waals surface area contributed by atoms with Crippen molar-refractivity contribution >= 4 is 11.9 Å². The van der Waals surface area contributed by atoms with E-state index in [2.05, 4.69) is 20.7 Å². The first-order valence-corrected chi connectivity index (χ1v) is 6.61. The third kappa shape index (κ3) is 2.03. The molecule has 0 spiro atoms. The normalized spacial score (nSPS) is 19.2. The number of carbonyl (C=O) groups is 2. The summed E-state index contributed by atoms with van der Waals surface area (Å²) in [4.78, 5) is 26.9. The van der Waals surface area contributed by atoms with E-state index in [-0.39, 0.29) is 19.1 Å². The van der Waals surface area contributed by atoms with Gasteiger partial charge in [-0.15, -0.1) is 0 Å². The van der Waals surface area contributed by atoms with Crippen molar-refractivity contribution in [2.45, 2.75) is 12.5 Å². The van der Waals surface area contributed by atoms with Crippen LogP contribution in [0.25, 0.3) is 5.69 Å². The van der Waals surface area contributed by atoms with E-state index in [0.29, 0.717) is 17.3 Å². The predicted octanol–water partition coefficient (Wildman–Crippen LogP) is -0.254. The summed E-state index contributed by atoms with van der Waals surface area (Å²) in [5.41, 5.74) is 0.737. The number of aromatic nitrogens is 3. The summed E-state index contributed by atoms with van der Waals surface area (Å²) in [6, 6.07) is 4.24. The van der Waals surface area contributed by atoms with E-state index in [1.54, 1.807) is 16.8 Å². The molecule has 1 saturated heterocycles. The van der Waals surface area contributed by atoms with Crippen LogP contribution in [-0.4, -0.2) is 39.5 Å². The lowest BCUT2D eigenvalue weighted by molar-refractivity contribution is -0.120. The van der Waals surface area contributed by atoms with Crippen LogP contribution in [0, 0.1) is 0 Å². The van der Waals surface area contributed by atoms with Gasteiger partial charge in [0.1, 0.15) is 18.2 Å². The van der Waals surface area contributed by atoms with Gasteiger partial charge in [-0.05, 0) is 12.1 Å². The number of imide groups is 1. The Kier molecular flexibility index (Phi) is 2.71. The highest BCUT2D eigenvalue weighted by molar-refractivity contribution is 6.04. The Hall–Kier alpha value is -3.10. The number of hydrogen-bond donors (Lipinski definition) is 2. The molecule has 3 heterocycles. The Labute approximate surface area is 124 Å². The van der Waals surface area contributed by atoms with Gasteiger partial charge in [-0.2, -0.15) is 5.10 Å². The van der Waals surface area contributed by atoms with Crippen LogP contribution in [0.15, 0.2) is 24.5 Å². The van der Waals surface area contributed by atoms with Gasteiger partial charge in [0.05, 0.1) is 5.69 Å². The van der Waals surface area contributed by atoms with Gasteiger partial charge in [-0.3, -0.25) is 10.1 Å². The van der Waals surface area contributed by atoms with Gasteiger partial charge in [0, 0.05) is 12.5 Å². The second kappa shape index (κ2) is 4.72. The summed E-state index contributed by atoms with van der Waals surface area (Å²) in [7, 11) is 0. The molecule has 112 valence electrons. The zero-order valence-corrected chi connectivity index (χ0v) is 11.3. The molecule has 22 heavy (non-hydrogen) atoms. The quantitative estimate of drug-likeness (QED) is 0.757. The van der Waals surface area contributed by atoms with E-state index < -0.39 is 12.1 Å². The molecule has 1 fully saturated rings. The molecule has 9 nitrogen and oxygen atoms in total. The van der Waals surface area contributed by atoms with Crippen molar-refractivity contribution in [1.82, 2.24) is 25.4 Å². The number of benzene rings is 1. The third-order valence-corrected chi connectivity index (χ3v) is 3.46. The first-order valence-electron chi connectivity index (χ1n) is 6.61. The Morgan fingerprint density at radius 1 is 1.27 bits per heavy atom. The van der Waals surface area contributed by atoms with Gasteiger partial charge in [0.15, 0.2) is 11.5 Å². The number of rotatable bonds is 3. The number of carbonyl (C=O) groups excluding carboxylic acids is 2. The van der Waals surface area contributed by atoms with Crippen LogP contribution in [-0.2, 0) is 11.2 Å². The zero-order chi connectivity index (χ0) is 15.1. The highest BCUT2D eigenvalue weighted by Crippen LogP contribution is 2.33. The predicted molar refractivity (Wildman–Crippen MR) is 71.6 cm³/mol. The minimum Gasteiger partial charge on any atom is -0.454 e. The molecule has 1 unspecified atom stereocenters. The molecule has 0 aliphatic carbocycles. The number of ether oxygens (including phenoxy) is 2. The molecule has 4 rings (SSSR count). The maximum Gasteiger partial charge on any atom is 0.322 e. The number of fused-ring (bicyclic) bond motifs is 1. The van der Waals surface area contributed by atoms with Crippen LogP contribution >= 0.6 is 0 Å². The number of nitrogens with one attached hydrogen (secondary N) is 2. The van der Waals surface area contributed by atoms with Crippen molar-refractivity contribution in [3.8, 4) is 17.2 Å². The average molecular weight is 301 g/mol. The molecular formula is C13H11N5O4. The van der Waals surface area contributed by atoms with Crippen molar-refractivity contribution in [3.63, 3.8) is 0 Å². The number of hydrogen-bond acceptors (Lipinski definition) is 6. The van der Waals surface area contributed by atoms with Crippen molar-refractivity contribution < 1.29 is 19.1 Å². The monoisotopic (exact) mass is 301 g/mol. The minimum absolute atomic E-state index is 0.192. The van der Waals surface area contributed by atoms with Crippen molar-refractivity contribution in [2.24, 2.45) is 0 Å².